The Morgan fingerprint density at radius 2 is 1.62 bits per heavy atom. The summed E-state index contributed by atoms with van der Waals surface area (Å²) in [5.41, 5.74) is 0. The lowest BCUT2D eigenvalue weighted by Crippen LogP contribution is -2.30. The lowest BCUT2D eigenvalue weighted by molar-refractivity contribution is -0.134. The van der Waals surface area contributed by atoms with Gasteiger partial charge in [-0.05, 0) is 22.9 Å². The zero-order chi connectivity index (χ0) is 11.6. The standard InChI is InChI=1S/C14H16O2/c1-14(2,15-3)16-13-9-8-11-6-4-5-7-12(11)10-13/h4-10H,1-3H3. The van der Waals surface area contributed by atoms with Gasteiger partial charge in [-0.2, -0.15) is 0 Å². The molecule has 2 heteroatoms. The van der Waals surface area contributed by atoms with E-state index >= 15 is 0 Å². The molecule has 0 fully saturated rings. The Bertz CT molecular complexity index is 489. The van der Waals surface area contributed by atoms with Crippen molar-refractivity contribution in [2.24, 2.45) is 0 Å². The van der Waals surface area contributed by atoms with Gasteiger partial charge in [-0.15, -0.1) is 0 Å². The molecule has 0 bridgehead atoms. The second-order valence-electron chi connectivity index (χ2n) is 4.21. The zero-order valence-electron chi connectivity index (χ0n) is 9.86. The van der Waals surface area contributed by atoms with Gasteiger partial charge in [-0.3, -0.25) is 0 Å². The number of fused-ring (bicyclic) bond motifs is 1. The van der Waals surface area contributed by atoms with E-state index in [0.717, 1.165) is 5.75 Å². The predicted octanol–water partition coefficient (Wildman–Crippen LogP) is 3.60. The number of rotatable bonds is 3. The summed E-state index contributed by atoms with van der Waals surface area (Å²) >= 11 is 0. The lowest BCUT2D eigenvalue weighted by Gasteiger charge is -2.24. The van der Waals surface area contributed by atoms with Gasteiger partial charge in [0.1, 0.15) is 5.75 Å². The van der Waals surface area contributed by atoms with E-state index in [2.05, 4.69) is 18.2 Å². The minimum atomic E-state index is -0.595. The molecule has 0 heterocycles. The SMILES string of the molecule is COC(C)(C)Oc1ccc2ccccc2c1. The van der Waals surface area contributed by atoms with Gasteiger partial charge in [0.15, 0.2) is 0 Å². The number of benzene rings is 2. The third-order valence-corrected chi connectivity index (χ3v) is 2.58. The summed E-state index contributed by atoms with van der Waals surface area (Å²) in [5, 5.41) is 2.39. The Morgan fingerprint density at radius 1 is 0.938 bits per heavy atom. The molecule has 0 saturated heterocycles. The summed E-state index contributed by atoms with van der Waals surface area (Å²) in [6.07, 6.45) is 0. The highest BCUT2D eigenvalue weighted by atomic mass is 16.7. The molecule has 16 heavy (non-hydrogen) atoms. The molecule has 0 saturated carbocycles. The highest BCUT2D eigenvalue weighted by molar-refractivity contribution is 5.83. The van der Waals surface area contributed by atoms with Crippen molar-refractivity contribution >= 4 is 10.8 Å². The first-order valence-electron chi connectivity index (χ1n) is 5.34. The number of methoxy groups -OCH3 is 1. The quantitative estimate of drug-likeness (QED) is 0.730. The lowest BCUT2D eigenvalue weighted by atomic mass is 10.1. The first-order chi connectivity index (χ1) is 7.61. The molecular weight excluding hydrogens is 200 g/mol. The van der Waals surface area contributed by atoms with Crippen LogP contribution in [0.1, 0.15) is 13.8 Å². The normalized spacial score (nSPS) is 11.7. The summed E-state index contributed by atoms with van der Waals surface area (Å²) in [6.45, 7) is 3.78. The van der Waals surface area contributed by atoms with Crippen LogP contribution < -0.4 is 4.74 Å². The van der Waals surface area contributed by atoms with E-state index < -0.39 is 5.79 Å². The summed E-state index contributed by atoms with van der Waals surface area (Å²) in [7, 11) is 1.64. The van der Waals surface area contributed by atoms with Gasteiger partial charge in [0.2, 0.25) is 5.79 Å². The van der Waals surface area contributed by atoms with Crippen molar-refractivity contribution in [2.45, 2.75) is 19.6 Å². The fourth-order valence-corrected chi connectivity index (χ4v) is 1.56. The maximum absolute atomic E-state index is 5.74. The molecule has 0 amide bonds. The monoisotopic (exact) mass is 216 g/mol. The molecule has 0 atom stereocenters. The Labute approximate surface area is 95.8 Å². The fraction of sp³-hybridized carbons (Fsp3) is 0.286. The molecule has 2 rings (SSSR count). The molecule has 0 N–H and O–H groups in total. The van der Waals surface area contributed by atoms with Gasteiger partial charge >= 0.3 is 0 Å². The first-order valence-corrected chi connectivity index (χ1v) is 5.34. The van der Waals surface area contributed by atoms with Gasteiger partial charge in [0.25, 0.3) is 0 Å². The highest BCUT2D eigenvalue weighted by Gasteiger charge is 2.17. The Kier molecular flexibility index (Phi) is 2.84. The number of hydrogen-bond acceptors (Lipinski definition) is 2. The molecule has 2 aromatic carbocycles. The molecule has 0 aliphatic carbocycles. The van der Waals surface area contributed by atoms with Crippen molar-refractivity contribution in [2.75, 3.05) is 7.11 Å². The van der Waals surface area contributed by atoms with E-state index in [0.29, 0.717) is 0 Å². The van der Waals surface area contributed by atoms with Crippen LogP contribution in [0.15, 0.2) is 42.5 Å². The largest absolute Gasteiger partial charge is 0.463 e. The van der Waals surface area contributed by atoms with E-state index in [-0.39, 0.29) is 0 Å². The smallest absolute Gasteiger partial charge is 0.204 e. The molecule has 0 radical (unpaired) electrons. The molecule has 0 spiro atoms. The summed E-state index contributed by atoms with van der Waals surface area (Å²) in [6, 6.07) is 14.2. The first kappa shape index (κ1) is 11.0. The van der Waals surface area contributed by atoms with Gasteiger partial charge < -0.3 is 9.47 Å². The molecule has 0 aromatic heterocycles. The maximum atomic E-state index is 5.74. The summed E-state index contributed by atoms with van der Waals surface area (Å²) < 4.78 is 11.0. The van der Waals surface area contributed by atoms with Crippen LogP contribution in [0.4, 0.5) is 0 Å². The van der Waals surface area contributed by atoms with Gasteiger partial charge in [0.05, 0.1) is 0 Å². The Morgan fingerprint density at radius 3 is 2.31 bits per heavy atom. The molecule has 0 unspecified atom stereocenters. The molecule has 2 nitrogen and oxygen atoms in total. The maximum Gasteiger partial charge on any atom is 0.204 e. The van der Waals surface area contributed by atoms with E-state index in [9.17, 15) is 0 Å². The molecule has 84 valence electrons. The Balaban J connectivity index is 2.33. The average molecular weight is 216 g/mol. The number of hydrogen-bond donors (Lipinski definition) is 0. The molecule has 2 aromatic rings. The topological polar surface area (TPSA) is 18.5 Å². The molecule has 0 aliphatic heterocycles. The molecular formula is C14H16O2. The van der Waals surface area contributed by atoms with E-state index in [1.165, 1.54) is 10.8 Å². The van der Waals surface area contributed by atoms with Crippen LogP contribution >= 0.6 is 0 Å². The average Bonchev–Trinajstić information content (AvgIpc) is 2.28. The van der Waals surface area contributed by atoms with Crippen LogP contribution in [0, 0.1) is 0 Å². The van der Waals surface area contributed by atoms with Crippen LogP contribution in [0.2, 0.25) is 0 Å². The van der Waals surface area contributed by atoms with Crippen LogP contribution in [-0.2, 0) is 4.74 Å². The van der Waals surface area contributed by atoms with Crippen molar-refractivity contribution in [3.63, 3.8) is 0 Å². The predicted molar refractivity (Wildman–Crippen MR) is 65.7 cm³/mol. The fourth-order valence-electron chi connectivity index (χ4n) is 1.56. The Hall–Kier alpha value is -1.54. The molecule has 0 aliphatic rings. The van der Waals surface area contributed by atoms with Crippen molar-refractivity contribution in [1.29, 1.82) is 0 Å². The minimum absolute atomic E-state index is 0.595. The van der Waals surface area contributed by atoms with Crippen molar-refractivity contribution in [3.05, 3.63) is 42.5 Å². The highest BCUT2D eigenvalue weighted by Crippen LogP contribution is 2.24. The van der Waals surface area contributed by atoms with Gasteiger partial charge in [-0.25, -0.2) is 0 Å². The van der Waals surface area contributed by atoms with Crippen LogP contribution in [0.5, 0.6) is 5.75 Å². The van der Waals surface area contributed by atoms with Crippen LogP contribution in [0.3, 0.4) is 0 Å². The minimum Gasteiger partial charge on any atom is -0.463 e. The van der Waals surface area contributed by atoms with Gasteiger partial charge in [0, 0.05) is 21.0 Å². The van der Waals surface area contributed by atoms with Crippen molar-refractivity contribution < 1.29 is 9.47 Å². The second-order valence-corrected chi connectivity index (χ2v) is 4.21. The third kappa shape index (κ3) is 2.34. The summed E-state index contributed by atoms with van der Waals surface area (Å²) in [4.78, 5) is 0. The van der Waals surface area contributed by atoms with Crippen molar-refractivity contribution in [1.82, 2.24) is 0 Å². The van der Waals surface area contributed by atoms with Crippen LogP contribution in [0.25, 0.3) is 10.8 Å². The second kappa shape index (κ2) is 4.14. The number of ether oxygens (including phenoxy) is 2. The van der Waals surface area contributed by atoms with Crippen LogP contribution in [-0.4, -0.2) is 12.9 Å². The van der Waals surface area contributed by atoms with E-state index in [1.807, 2.05) is 38.1 Å². The van der Waals surface area contributed by atoms with E-state index in [1.54, 1.807) is 7.11 Å². The summed E-state index contributed by atoms with van der Waals surface area (Å²) in [5.74, 6) is 0.230. The zero-order valence-corrected chi connectivity index (χ0v) is 9.86. The van der Waals surface area contributed by atoms with Gasteiger partial charge in [-0.1, -0.05) is 30.3 Å². The van der Waals surface area contributed by atoms with E-state index in [4.69, 9.17) is 9.47 Å². The third-order valence-electron chi connectivity index (χ3n) is 2.58. The van der Waals surface area contributed by atoms with Crippen molar-refractivity contribution in [3.8, 4) is 5.75 Å².